The molecule has 3 nitrogen and oxygen atoms in total. The summed E-state index contributed by atoms with van der Waals surface area (Å²) in [7, 11) is 0. The summed E-state index contributed by atoms with van der Waals surface area (Å²) in [6.45, 7) is 0. The fraction of sp³-hybridized carbons (Fsp3) is 0. The molecule has 0 aliphatic rings. The molecule has 0 aliphatic heterocycles. The van der Waals surface area contributed by atoms with Crippen LogP contribution in [0.4, 0.5) is 0 Å². The average Bonchev–Trinajstić information content (AvgIpc) is 3.95. The van der Waals surface area contributed by atoms with E-state index in [1.165, 1.54) is 98.4 Å². The Morgan fingerprint density at radius 2 is 0.525 bits per heavy atom. The van der Waals surface area contributed by atoms with Crippen LogP contribution < -0.4 is 0 Å². The second-order valence-electron chi connectivity index (χ2n) is 15.7. The molecule has 0 spiro atoms. The zero-order valence-corrected chi connectivity index (χ0v) is 32.0. The molecule has 13 rings (SSSR count). The Kier molecular flexibility index (Phi) is 6.72. The Hall–Kier alpha value is -7.88. The largest absolute Gasteiger partial charge is 0.309 e. The highest BCUT2D eigenvalue weighted by Gasteiger charge is 2.21. The fourth-order valence-electron chi connectivity index (χ4n) is 10.1. The number of benzene rings is 10. The molecule has 59 heavy (non-hydrogen) atoms. The van der Waals surface area contributed by atoms with Gasteiger partial charge >= 0.3 is 0 Å². The van der Waals surface area contributed by atoms with Gasteiger partial charge in [-0.1, -0.05) is 140 Å². The lowest BCUT2D eigenvalue weighted by Gasteiger charge is -2.13. The Labute approximate surface area is 340 Å². The van der Waals surface area contributed by atoms with Crippen LogP contribution in [0.3, 0.4) is 0 Å². The van der Waals surface area contributed by atoms with Crippen LogP contribution in [-0.2, 0) is 0 Å². The highest BCUT2D eigenvalue weighted by Crippen LogP contribution is 2.46. The lowest BCUT2D eigenvalue weighted by Crippen LogP contribution is -1.94. The molecule has 0 aliphatic carbocycles. The van der Waals surface area contributed by atoms with Crippen LogP contribution in [0.15, 0.2) is 212 Å². The lowest BCUT2D eigenvalue weighted by molar-refractivity contribution is 1.18. The average molecular weight is 750 g/mol. The minimum Gasteiger partial charge on any atom is -0.309 e. The Morgan fingerprint density at radius 3 is 0.915 bits per heavy atom. The summed E-state index contributed by atoms with van der Waals surface area (Å²) in [5.41, 5.74) is 15.7. The number of hydrogen-bond donors (Lipinski definition) is 0. The molecule has 13 aromatic rings. The molecule has 3 heteroatoms. The van der Waals surface area contributed by atoms with E-state index in [-0.39, 0.29) is 0 Å². The molecule has 0 radical (unpaired) electrons. The Bertz CT molecular complexity index is 3410. The molecule has 0 amide bonds. The summed E-state index contributed by atoms with van der Waals surface area (Å²) in [4.78, 5) is 0. The third-order valence-corrected chi connectivity index (χ3v) is 12.6. The van der Waals surface area contributed by atoms with E-state index in [0.717, 1.165) is 17.1 Å². The van der Waals surface area contributed by atoms with Crippen molar-refractivity contribution in [1.82, 2.24) is 13.7 Å². The summed E-state index contributed by atoms with van der Waals surface area (Å²) >= 11 is 0. The van der Waals surface area contributed by atoms with Crippen LogP contribution in [0, 0.1) is 0 Å². The molecule has 3 aromatic heterocycles. The van der Waals surface area contributed by atoms with Gasteiger partial charge in [0.1, 0.15) is 0 Å². The van der Waals surface area contributed by atoms with Crippen molar-refractivity contribution in [2.45, 2.75) is 0 Å². The number of hydrogen-bond acceptors (Lipinski definition) is 0. The zero-order valence-electron chi connectivity index (χ0n) is 32.0. The summed E-state index contributed by atoms with van der Waals surface area (Å²) in [5, 5.41) is 10.2. The molecule has 0 N–H and O–H groups in total. The smallest absolute Gasteiger partial charge is 0.0547 e. The number of nitrogens with zero attached hydrogens (tertiary/aromatic N) is 3. The fourth-order valence-corrected chi connectivity index (χ4v) is 10.1. The number of fused-ring (bicyclic) bond motifs is 6. The van der Waals surface area contributed by atoms with Gasteiger partial charge in [-0.15, -0.1) is 0 Å². The van der Waals surface area contributed by atoms with Gasteiger partial charge in [0, 0.05) is 49.4 Å². The van der Waals surface area contributed by atoms with E-state index in [0.29, 0.717) is 0 Å². The molecule has 0 unspecified atom stereocenters. The minimum absolute atomic E-state index is 1.16. The van der Waals surface area contributed by atoms with E-state index in [1.54, 1.807) is 0 Å². The van der Waals surface area contributed by atoms with Crippen molar-refractivity contribution in [3.63, 3.8) is 0 Å². The van der Waals surface area contributed by atoms with Crippen molar-refractivity contribution in [2.75, 3.05) is 0 Å². The van der Waals surface area contributed by atoms with Crippen LogP contribution in [-0.4, -0.2) is 13.7 Å². The Morgan fingerprint density at radius 1 is 0.203 bits per heavy atom. The molecule has 0 atom stereocenters. The number of aromatic nitrogens is 3. The van der Waals surface area contributed by atoms with Gasteiger partial charge in [0.2, 0.25) is 0 Å². The second-order valence-corrected chi connectivity index (χ2v) is 15.7. The first-order chi connectivity index (χ1) is 29.3. The van der Waals surface area contributed by atoms with Gasteiger partial charge in [-0.2, -0.15) is 0 Å². The zero-order chi connectivity index (χ0) is 38.6. The monoisotopic (exact) mass is 749 g/mol. The van der Waals surface area contributed by atoms with Crippen LogP contribution in [0.25, 0.3) is 116 Å². The molecule has 0 saturated carbocycles. The quantitative estimate of drug-likeness (QED) is 0.156. The number of rotatable bonds is 5. The van der Waals surface area contributed by atoms with E-state index >= 15 is 0 Å². The van der Waals surface area contributed by atoms with Crippen LogP contribution in [0.5, 0.6) is 0 Å². The molecular weight excluding hydrogens is 715 g/mol. The molecule has 0 bridgehead atoms. The maximum absolute atomic E-state index is 2.44. The molecular formula is C56H35N3. The van der Waals surface area contributed by atoms with Gasteiger partial charge in [-0.3, -0.25) is 0 Å². The van der Waals surface area contributed by atoms with E-state index in [4.69, 9.17) is 0 Å². The first-order valence-electron chi connectivity index (χ1n) is 20.4. The molecule has 0 fully saturated rings. The molecule has 10 aromatic carbocycles. The first kappa shape index (κ1) is 32.2. The third kappa shape index (κ3) is 4.58. The normalized spacial score (nSPS) is 12.1. The van der Waals surface area contributed by atoms with Gasteiger partial charge in [-0.05, 0) is 106 Å². The lowest BCUT2D eigenvalue weighted by atomic mass is 9.91. The third-order valence-electron chi connectivity index (χ3n) is 12.6. The van der Waals surface area contributed by atoms with E-state index in [2.05, 4.69) is 226 Å². The van der Waals surface area contributed by atoms with Crippen molar-refractivity contribution < 1.29 is 0 Å². The second kappa shape index (κ2) is 12.3. The van der Waals surface area contributed by atoms with Gasteiger partial charge in [0.25, 0.3) is 0 Å². The highest BCUT2D eigenvalue weighted by molar-refractivity contribution is 6.28. The van der Waals surface area contributed by atoms with Crippen LogP contribution >= 0.6 is 0 Å². The van der Waals surface area contributed by atoms with Gasteiger partial charge < -0.3 is 13.7 Å². The Balaban J connectivity index is 0.974. The van der Waals surface area contributed by atoms with E-state index in [1.807, 2.05) is 0 Å². The minimum atomic E-state index is 1.16. The predicted molar refractivity (Wildman–Crippen MR) is 249 cm³/mol. The molecule has 0 saturated heterocycles. The van der Waals surface area contributed by atoms with Gasteiger partial charge in [0.05, 0.1) is 33.1 Å². The maximum atomic E-state index is 2.44. The topological polar surface area (TPSA) is 14.8 Å². The van der Waals surface area contributed by atoms with Gasteiger partial charge in [-0.25, -0.2) is 0 Å². The standard InChI is InChI=1S/C56H35N3/c1-2-12-38(13-3-1)59-53-34-32-41(36-22-26-39(27-23-36)57-49-18-8-4-14-43(49)44-15-5-9-19-50(44)57)47-30-31-48-42(33-35-54(59)56(48)55(47)53)37-24-28-40(29-25-37)58-51-20-10-6-16-45(51)46-17-7-11-21-52(46)58/h1-35H. The van der Waals surface area contributed by atoms with Crippen molar-refractivity contribution in [3.05, 3.63) is 212 Å². The summed E-state index contributed by atoms with van der Waals surface area (Å²) in [6.07, 6.45) is 0. The van der Waals surface area contributed by atoms with Crippen molar-refractivity contribution in [3.8, 4) is 39.3 Å². The first-order valence-corrected chi connectivity index (χ1v) is 20.4. The summed E-state index contributed by atoms with van der Waals surface area (Å²) < 4.78 is 7.21. The SMILES string of the molecule is c1ccc(-n2c3ccc(-c4ccc(-n5c6ccccc6c6ccccc65)cc4)c4ccc5c(-c6ccc(-n7c8ccccc8c8ccccc87)cc6)ccc2c5c43)cc1. The van der Waals surface area contributed by atoms with Crippen molar-refractivity contribution in [2.24, 2.45) is 0 Å². The maximum Gasteiger partial charge on any atom is 0.0547 e. The molecule has 3 heterocycles. The van der Waals surface area contributed by atoms with Gasteiger partial charge in [0.15, 0.2) is 0 Å². The molecule has 274 valence electrons. The van der Waals surface area contributed by atoms with Crippen molar-refractivity contribution in [1.29, 1.82) is 0 Å². The van der Waals surface area contributed by atoms with Crippen molar-refractivity contribution >= 4 is 76.2 Å². The number of para-hydroxylation sites is 5. The van der Waals surface area contributed by atoms with Crippen LogP contribution in [0.1, 0.15) is 0 Å². The summed E-state index contributed by atoms with van der Waals surface area (Å²) in [5.74, 6) is 0. The van der Waals surface area contributed by atoms with Crippen LogP contribution in [0.2, 0.25) is 0 Å². The predicted octanol–water partition coefficient (Wildman–Crippen LogP) is 14.9. The summed E-state index contributed by atoms with van der Waals surface area (Å²) in [6, 6.07) is 77.9. The van der Waals surface area contributed by atoms with E-state index < -0.39 is 0 Å². The highest BCUT2D eigenvalue weighted by atomic mass is 15.0. The van der Waals surface area contributed by atoms with E-state index in [9.17, 15) is 0 Å².